The van der Waals surface area contributed by atoms with Crippen molar-refractivity contribution in [3.05, 3.63) is 181 Å². The van der Waals surface area contributed by atoms with E-state index in [-0.39, 0.29) is 0 Å². The molecule has 1 heteroatoms. The van der Waals surface area contributed by atoms with Gasteiger partial charge in [-0.1, -0.05) is 175 Å². The molecule has 0 atom stereocenters. The van der Waals surface area contributed by atoms with E-state index in [1.54, 1.807) is 0 Å². The van der Waals surface area contributed by atoms with Crippen LogP contribution in [-0.4, -0.2) is 0 Å². The first-order chi connectivity index (χ1) is 36.8. The van der Waals surface area contributed by atoms with Gasteiger partial charge in [0.1, 0.15) is 11.2 Å². The molecule has 0 saturated heterocycles. The quantitative estimate of drug-likeness (QED) is 0.172. The molecule has 0 N–H and O–H groups in total. The van der Waals surface area contributed by atoms with Gasteiger partial charge < -0.3 is 4.42 Å². The lowest BCUT2D eigenvalue weighted by atomic mass is 9.83. The van der Waals surface area contributed by atoms with E-state index in [1.807, 2.05) is 0 Å². The molecule has 1 aromatic heterocycles. The zero-order chi connectivity index (χ0) is 58.4. The summed E-state index contributed by atoms with van der Waals surface area (Å²) in [4.78, 5) is 0. The van der Waals surface area contributed by atoms with Gasteiger partial charge in [-0.3, -0.25) is 0 Å². The molecule has 0 fully saturated rings. The molecular formula is C48H30O. The molecule has 0 aliphatic carbocycles. The lowest BCUT2D eigenvalue weighted by molar-refractivity contribution is 0.670. The largest absolute Gasteiger partial charge is 0.455 e. The van der Waals surface area contributed by atoms with Crippen LogP contribution in [0.3, 0.4) is 0 Å². The van der Waals surface area contributed by atoms with E-state index in [0.29, 0.717) is 0 Å². The van der Waals surface area contributed by atoms with Gasteiger partial charge in [0.2, 0.25) is 0 Å². The zero-order valence-corrected chi connectivity index (χ0v) is 24.4. The maximum absolute atomic E-state index is 10.0. The summed E-state index contributed by atoms with van der Waals surface area (Å²) in [6.07, 6.45) is 0. The lowest BCUT2D eigenvalue weighted by Gasteiger charge is -2.19. The summed E-state index contributed by atoms with van der Waals surface area (Å²) in [5.74, 6) is 0. The van der Waals surface area contributed by atoms with E-state index in [9.17, 15) is 13.7 Å². The number of hydrogen-bond acceptors (Lipinski definition) is 1. The molecule has 10 aromatic rings. The first-order valence-electron chi connectivity index (χ1n) is 29.4. The molecule has 1 nitrogen and oxygen atoms in total. The van der Waals surface area contributed by atoms with Crippen LogP contribution in [0.5, 0.6) is 0 Å². The summed E-state index contributed by atoms with van der Waals surface area (Å²) < 4.78 is 277. The van der Waals surface area contributed by atoms with Crippen LogP contribution >= 0.6 is 0 Å². The topological polar surface area (TPSA) is 13.1 Å². The second kappa shape index (κ2) is 11.1. The molecule has 1 heterocycles. The van der Waals surface area contributed by atoms with Crippen LogP contribution in [0.15, 0.2) is 186 Å². The highest BCUT2D eigenvalue weighted by molar-refractivity contribution is 6.25. The fourth-order valence-corrected chi connectivity index (χ4v) is 6.03. The first-order valence-corrected chi connectivity index (χ1v) is 14.4. The van der Waals surface area contributed by atoms with Crippen LogP contribution < -0.4 is 0 Å². The number of benzene rings is 9. The van der Waals surface area contributed by atoms with E-state index < -0.39 is 280 Å². The van der Waals surface area contributed by atoms with Crippen molar-refractivity contribution in [3.8, 4) is 44.5 Å². The summed E-state index contributed by atoms with van der Waals surface area (Å²) in [5, 5.41) is -5.99. The average Bonchev–Trinajstić information content (AvgIpc) is 4.06. The minimum Gasteiger partial charge on any atom is -0.455 e. The molecule has 0 spiro atoms. The second-order valence-electron chi connectivity index (χ2n) is 10.5. The zero-order valence-electron chi connectivity index (χ0n) is 54.4. The van der Waals surface area contributed by atoms with Crippen LogP contribution in [0.1, 0.15) is 41.1 Å². The van der Waals surface area contributed by atoms with Gasteiger partial charge in [0.15, 0.2) is 0 Å². The van der Waals surface area contributed by atoms with Gasteiger partial charge in [0.05, 0.1) is 41.1 Å². The molecule has 9 aromatic carbocycles. The molecule has 0 saturated carbocycles. The summed E-state index contributed by atoms with van der Waals surface area (Å²) in [7, 11) is 0. The Morgan fingerprint density at radius 2 is 0.776 bits per heavy atom. The normalized spacial score (nSPS) is 20.2. The standard InChI is InChI=1S/C48H30O/c1-3-15-31(16-4-1)33-25-13-27-43-47-37(26-14-28-44(47)49-48(33)43)36-29-30-42(35-20-8-7-19-34(35)36)46-40-23-11-9-21-38(40)45(32-17-5-2-6-18-32)39-22-10-12-24-41(39)46/h1-30H/i1D,2D,3D,4D,5D,6D,7D,8D,9D,10D,11D,12D,13D,14D,15D,16D,17D,18D,19D,20D,21D,22D,23D,24D,25D,26D,27D,28D,29D,30D. The third-order valence-electron chi connectivity index (χ3n) is 8.00. The van der Waals surface area contributed by atoms with Gasteiger partial charge in [0.25, 0.3) is 0 Å². The van der Waals surface area contributed by atoms with Crippen LogP contribution in [-0.2, 0) is 0 Å². The van der Waals surface area contributed by atoms with Crippen molar-refractivity contribution in [3.63, 3.8) is 0 Å². The Morgan fingerprint density at radius 3 is 1.43 bits per heavy atom. The van der Waals surface area contributed by atoms with Crippen molar-refractivity contribution in [2.24, 2.45) is 0 Å². The summed E-state index contributed by atoms with van der Waals surface area (Å²) in [6, 6.07) is -29.7. The van der Waals surface area contributed by atoms with E-state index >= 15 is 0 Å². The molecular weight excluding hydrogens is 593 g/mol. The average molecular weight is 653 g/mol. The van der Waals surface area contributed by atoms with Crippen molar-refractivity contribution < 1.29 is 45.5 Å². The van der Waals surface area contributed by atoms with Crippen molar-refractivity contribution in [2.45, 2.75) is 0 Å². The second-order valence-corrected chi connectivity index (χ2v) is 10.5. The number of furan rings is 1. The van der Waals surface area contributed by atoms with E-state index in [1.165, 1.54) is 0 Å². The molecule has 0 aliphatic heterocycles. The van der Waals surface area contributed by atoms with Crippen LogP contribution in [0.4, 0.5) is 0 Å². The third-order valence-corrected chi connectivity index (χ3v) is 8.00. The van der Waals surface area contributed by atoms with E-state index in [2.05, 4.69) is 0 Å². The fourth-order valence-electron chi connectivity index (χ4n) is 6.03. The van der Waals surface area contributed by atoms with Crippen LogP contribution in [0.2, 0.25) is 0 Å². The monoisotopic (exact) mass is 652 g/mol. The Morgan fingerprint density at radius 1 is 0.306 bits per heavy atom. The highest BCUT2D eigenvalue weighted by Crippen LogP contribution is 2.48. The fraction of sp³-hybridized carbons (Fsp3) is 0. The molecule has 228 valence electrons. The van der Waals surface area contributed by atoms with Crippen molar-refractivity contribution in [2.75, 3.05) is 0 Å². The number of rotatable bonds is 4. The summed E-state index contributed by atoms with van der Waals surface area (Å²) in [5.41, 5.74) is -7.61. The van der Waals surface area contributed by atoms with Gasteiger partial charge in [0, 0.05) is 16.3 Å². The molecule has 0 amide bonds. The Labute approximate surface area is 326 Å². The summed E-state index contributed by atoms with van der Waals surface area (Å²) >= 11 is 0. The van der Waals surface area contributed by atoms with Gasteiger partial charge >= 0.3 is 0 Å². The van der Waals surface area contributed by atoms with Crippen LogP contribution in [0, 0.1) is 0 Å². The minimum absolute atomic E-state index is 0.619. The van der Waals surface area contributed by atoms with Crippen molar-refractivity contribution in [1.82, 2.24) is 0 Å². The van der Waals surface area contributed by atoms with Gasteiger partial charge in [-0.25, -0.2) is 0 Å². The molecule has 0 aliphatic rings. The first kappa shape index (κ1) is 11.1. The van der Waals surface area contributed by atoms with Gasteiger partial charge in [-0.2, -0.15) is 0 Å². The highest BCUT2D eigenvalue weighted by Gasteiger charge is 2.21. The number of hydrogen-bond donors (Lipinski definition) is 0. The molecule has 0 unspecified atom stereocenters. The molecule has 0 bridgehead atoms. The van der Waals surface area contributed by atoms with E-state index in [0.717, 1.165) is 0 Å². The Balaban J connectivity index is 1.52. The van der Waals surface area contributed by atoms with Crippen LogP contribution in [0.25, 0.3) is 98.8 Å². The van der Waals surface area contributed by atoms with Gasteiger partial charge in [-0.05, 0) is 77.3 Å². The Kier molecular flexibility index (Phi) is 2.50. The Hall–Kier alpha value is -6.44. The van der Waals surface area contributed by atoms with E-state index in [4.69, 9.17) is 31.8 Å². The SMILES string of the molecule is [2H]c1c([2H])c([2H])c(-c2c([2H])c([2H])c([2H])c3c2oc2c([2H])c([2H])c([2H])c(-c4c([2H])c([2H])c(-c5c6c([2H])c([2H])c([2H])c([2H])c6c(-c6c([2H])c([2H])c([2H])c([2H])c6[2H])c6c([2H])c([2H])c([2H])c([2H])c56)c5c([2H])c([2H])c([2H])c([2H])c45)c23)c([2H])c1[2H]. The molecule has 49 heavy (non-hydrogen) atoms. The highest BCUT2D eigenvalue weighted by atomic mass is 16.3. The molecule has 10 rings (SSSR count). The minimum atomic E-state index is -1.16. The van der Waals surface area contributed by atoms with Crippen molar-refractivity contribution >= 4 is 54.3 Å². The predicted octanol–water partition coefficient (Wildman–Crippen LogP) is 13.7. The lowest BCUT2D eigenvalue weighted by Crippen LogP contribution is -1.92. The third kappa shape index (κ3) is 4.26. The number of para-hydroxylation sites is 1. The smallest absolute Gasteiger partial charge is 0.143 e. The van der Waals surface area contributed by atoms with Gasteiger partial charge in [-0.15, -0.1) is 0 Å². The maximum Gasteiger partial charge on any atom is 0.143 e. The number of fused-ring (bicyclic) bond motifs is 6. The molecule has 0 radical (unpaired) electrons. The summed E-state index contributed by atoms with van der Waals surface area (Å²) in [6.45, 7) is 0. The maximum atomic E-state index is 10.0. The predicted molar refractivity (Wildman–Crippen MR) is 208 cm³/mol. The van der Waals surface area contributed by atoms with Crippen molar-refractivity contribution in [1.29, 1.82) is 0 Å². The Bertz CT molecular complexity index is 4460.